The predicted molar refractivity (Wildman–Crippen MR) is 131 cm³/mol. The Morgan fingerprint density at radius 2 is 1.68 bits per heavy atom. The molecule has 2 heterocycles. The number of Topliss-reactive ketones (excluding diaryl/α,β-unsaturated/α-hetero) is 1. The molecular weight excluding hydrogens is 460 g/mol. The van der Waals surface area contributed by atoms with E-state index in [1.54, 1.807) is 7.05 Å². The Labute approximate surface area is 201 Å². The maximum Gasteiger partial charge on any atom is 0.332 e. The zero-order chi connectivity index (χ0) is 25.2. The zero-order valence-electron chi connectivity index (χ0n) is 20.7. The van der Waals surface area contributed by atoms with E-state index in [9.17, 15) is 22.8 Å². The first-order valence-electron chi connectivity index (χ1n) is 12.0. The van der Waals surface area contributed by atoms with Crippen molar-refractivity contribution < 1.29 is 13.2 Å². The van der Waals surface area contributed by atoms with Gasteiger partial charge in [-0.1, -0.05) is 33.1 Å². The SMILES string of the molecule is CC(C)Cn1c(N)c(C(=O)CN2CCN(S(=O)(=O)N(C)C3CCCCC3)CC2)c(=O)n(C)c1=O. The normalized spacial score (nSPS) is 19.2. The van der Waals surface area contributed by atoms with Crippen LogP contribution in [0.1, 0.15) is 56.3 Å². The second kappa shape index (κ2) is 10.7. The lowest BCUT2D eigenvalue weighted by molar-refractivity contribution is 0.0896. The van der Waals surface area contributed by atoms with Crippen LogP contribution in [0.3, 0.4) is 0 Å². The van der Waals surface area contributed by atoms with Crippen molar-refractivity contribution in [1.29, 1.82) is 0 Å². The van der Waals surface area contributed by atoms with Gasteiger partial charge in [-0.15, -0.1) is 0 Å². The van der Waals surface area contributed by atoms with E-state index in [2.05, 4.69) is 0 Å². The maximum atomic E-state index is 13.1. The second-order valence-electron chi connectivity index (χ2n) is 9.83. The lowest BCUT2D eigenvalue weighted by Crippen LogP contribution is -2.55. The molecule has 2 aliphatic rings. The summed E-state index contributed by atoms with van der Waals surface area (Å²) in [6.45, 7) is 5.34. The Kier molecular flexibility index (Phi) is 8.38. The smallest absolute Gasteiger partial charge is 0.332 e. The molecule has 0 unspecified atom stereocenters. The number of anilines is 1. The third kappa shape index (κ3) is 5.45. The van der Waals surface area contributed by atoms with Crippen LogP contribution in [-0.4, -0.2) is 82.7 Å². The predicted octanol–water partition coefficient (Wildman–Crippen LogP) is 0.0948. The van der Waals surface area contributed by atoms with Gasteiger partial charge in [0.25, 0.3) is 15.8 Å². The number of piperazine rings is 1. The van der Waals surface area contributed by atoms with Crippen molar-refractivity contribution in [3.63, 3.8) is 0 Å². The minimum Gasteiger partial charge on any atom is -0.384 e. The average molecular weight is 499 g/mol. The average Bonchev–Trinajstić information content (AvgIpc) is 2.81. The Balaban J connectivity index is 1.69. The zero-order valence-corrected chi connectivity index (χ0v) is 21.5. The van der Waals surface area contributed by atoms with Crippen LogP contribution in [0.5, 0.6) is 0 Å². The van der Waals surface area contributed by atoms with Crippen LogP contribution in [0, 0.1) is 5.92 Å². The van der Waals surface area contributed by atoms with Gasteiger partial charge in [-0.25, -0.2) is 4.79 Å². The molecule has 12 heteroatoms. The minimum atomic E-state index is -3.56. The first-order chi connectivity index (χ1) is 15.9. The molecule has 0 spiro atoms. The molecule has 0 bridgehead atoms. The van der Waals surface area contributed by atoms with Crippen LogP contribution in [0.25, 0.3) is 0 Å². The summed E-state index contributed by atoms with van der Waals surface area (Å²) in [4.78, 5) is 40.0. The Hall–Kier alpha value is -2.02. The number of rotatable bonds is 8. The van der Waals surface area contributed by atoms with Crippen molar-refractivity contribution in [2.45, 2.75) is 58.5 Å². The summed E-state index contributed by atoms with van der Waals surface area (Å²) in [6.07, 6.45) is 5.03. The standard InChI is InChI=1S/C22H38N6O5S/c1-16(2)14-28-20(23)19(21(30)24(3)22(28)31)18(29)15-26-10-12-27(13-11-26)34(32,33)25(4)17-8-6-5-7-9-17/h16-17H,5-15,23H2,1-4H3. The molecule has 0 radical (unpaired) electrons. The lowest BCUT2D eigenvalue weighted by Gasteiger charge is -2.38. The molecule has 2 fully saturated rings. The topological polar surface area (TPSA) is 131 Å². The van der Waals surface area contributed by atoms with Crippen molar-refractivity contribution in [2.24, 2.45) is 13.0 Å². The van der Waals surface area contributed by atoms with Crippen LogP contribution in [0.4, 0.5) is 5.82 Å². The number of hydrogen-bond acceptors (Lipinski definition) is 7. The molecule has 3 rings (SSSR count). The Morgan fingerprint density at radius 1 is 1.09 bits per heavy atom. The van der Waals surface area contributed by atoms with Crippen LogP contribution >= 0.6 is 0 Å². The number of nitrogens with zero attached hydrogens (tertiary/aromatic N) is 5. The monoisotopic (exact) mass is 498 g/mol. The van der Waals surface area contributed by atoms with E-state index < -0.39 is 27.2 Å². The number of nitrogens with two attached hydrogens (primary N) is 1. The van der Waals surface area contributed by atoms with Gasteiger partial charge < -0.3 is 5.73 Å². The molecule has 0 amide bonds. The highest BCUT2D eigenvalue weighted by atomic mass is 32.2. The van der Waals surface area contributed by atoms with Crippen molar-refractivity contribution in [2.75, 3.05) is 45.5 Å². The van der Waals surface area contributed by atoms with Gasteiger partial charge in [0.05, 0.1) is 6.54 Å². The first-order valence-corrected chi connectivity index (χ1v) is 13.4. The van der Waals surface area contributed by atoms with E-state index in [1.807, 2.05) is 18.7 Å². The Bertz CT molecular complexity index is 1110. The van der Waals surface area contributed by atoms with E-state index in [0.29, 0.717) is 19.6 Å². The van der Waals surface area contributed by atoms with E-state index in [-0.39, 0.29) is 43.0 Å². The summed E-state index contributed by atoms with van der Waals surface area (Å²) in [5.41, 5.74) is 4.67. The second-order valence-corrected chi connectivity index (χ2v) is 11.8. The van der Waals surface area contributed by atoms with Crippen LogP contribution in [0.2, 0.25) is 0 Å². The van der Waals surface area contributed by atoms with Crippen molar-refractivity contribution in [1.82, 2.24) is 22.6 Å². The third-order valence-corrected chi connectivity index (χ3v) is 8.93. The van der Waals surface area contributed by atoms with E-state index >= 15 is 0 Å². The molecule has 1 saturated carbocycles. The fraction of sp³-hybridized carbons (Fsp3) is 0.773. The third-order valence-electron chi connectivity index (χ3n) is 6.89. The van der Waals surface area contributed by atoms with Crippen LogP contribution in [0.15, 0.2) is 9.59 Å². The quantitative estimate of drug-likeness (QED) is 0.503. The minimum absolute atomic E-state index is 0.0408. The van der Waals surface area contributed by atoms with Gasteiger partial charge >= 0.3 is 5.69 Å². The maximum absolute atomic E-state index is 13.1. The summed E-state index contributed by atoms with van der Waals surface area (Å²) in [5.74, 6) is -0.476. The highest BCUT2D eigenvalue weighted by Gasteiger charge is 2.35. The fourth-order valence-electron chi connectivity index (χ4n) is 4.80. The molecule has 0 atom stereocenters. The molecular formula is C22H38N6O5S. The number of carbonyl (C=O) groups is 1. The molecule has 1 aromatic rings. The van der Waals surface area contributed by atoms with Crippen LogP contribution < -0.4 is 17.0 Å². The number of carbonyl (C=O) groups excluding carboxylic acids is 1. The summed E-state index contributed by atoms with van der Waals surface area (Å²) in [5, 5.41) is 0. The molecule has 1 saturated heterocycles. The molecule has 192 valence electrons. The molecule has 1 aliphatic heterocycles. The summed E-state index contributed by atoms with van der Waals surface area (Å²) in [6, 6.07) is 0.0408. The fourth-order valence-corrected chi connectivity index (χ4v) is 6.38. The van der Waals surface area contributed by atoms with Gasteiger partial charge in [-0.3, -0.25) is 23.6 Å². The van der Waals surface area contributed by atoms with Crippen molar-refractivity contribution in [3.8, 4) is 0 Å². The van der Waals surface area contributed by atoms with Crippen molar-refractivity contribution >= 4 is 21.8 Å². The largest absolute Gasteiger partial charge is 0.384 e. The van der Waals surface area contributed by atoms with Gasteiger partial charge in [0.1, 0.15) is 11.4 Å². The molecule has 1 aliphatic carbocycles. The van der Waals surface area contributed by atoms with Gasteiger partial charge in [0, 0.05) is 52.9 Å². The van der Waals surface area contributed by atoms with E-state index in [4.69, 9.17) is 5.73 Å². The number of ketones is 1. The Morgan fingerprint density at radius 3 is 2.24 bits per heavy atom. The van der Waals surface area contributed by atoms with Gasteiger partial charge in [0.2, 0.25) is 0 Å². The highest BCUT2D eigenvalue weighted by molar-refractivity contribution is 7.86. The van der Waals surface area contributed by atoms with Gasteiger partial charge in [0.15, 0.2) is 5.78 Å². The highest BCUT2D eigenvalue weighted by Crippen LogP contribution is 2.25. The number of aromatic nitrogens is 2. The number of nitrogen functional groups attached to an aromatic ring is 1. The molecule has 1 aromatic heterocycles. The van der Waals surface area contributed by atoms with E-state index in [1.165, 1.54) is 20.2 Å². The summed E-state index contributed by atoms with van der Waals surface area (Å²) >= 11 is 0. The van der Waals surface area contributed by atoms with Gasteiger partial charge in [-0.2, -0.15) is 17.0 Å². The van der Waals surface area contributed by atoms with Crippen LogP contribution in [-0.2, 0) is 23.8 Å². The molecule has 11 nitrogen and oxygen atoms in total. The number of hydrogen-bond donors (Lipinski definition) is 1. The lowest BCUT2D eigenvalue weighted by atomic mass is 9.96. The summed E-state index contributed by atoms with van der Waals surface area (Å²) < 4.78 is 31.3. The molecule has 34 heavy (non-hydrogen) atoms. The molecule has 0 aromatic carbocycles. The van der Waals surface area contributed by atoms with E-state index in [0.717, 1.165) is 36.7 Å². The molecule has 2 N–H and O–H groups in total. The first kappa shape index (κ1) is 26.6. The van der Waals surface area contributed by atoms with Gasteiger partial charge in [-0.05, 0) is 18.8 Å². The summed E-state index contributed by atoms with van der Waals surface area (Å²) in [7, 11) is -0.567. The van der Waals surface area contributed by atoms with Crippen molar-refractivity contribution in [3.05, 3.63) is 26.4 Å².